The van der Waals surface area contributed by atoms with Gasteiger partial charge >= 0.3 is 0 Å². The first kappa shape index (κ1) is 13.9. The van der Waals surface area contributed by atoms with Crippen LogP contribution >= 0.6 is 11.6 Å². The number of hydrogen-bond acceptors (Lipinski definition) is 3. The number of Topliss-reactive ketones (excluding diaryl/α,β-unsaturated/α-hetero) is 1. The minimum absolute atomic E-state index is 0.0919. The molecule has 21 heavy (non-hydrogen) atoms. The molecule has 5 heteroatoms. The summed E-state index contributed by atoms with van der Waals surface area (Å²) < 4.78 is 19.3. The first-order valence-corrected chi connectivity index (χ1v) is 7.00. The third-order valence-electron chi connectivity index (χ3n) is 3.38. The molecule has 0 aromatic heterocycles. The zero-order valence-corrected chi connectivity index (χ0v) is 11.9. The van der Waals surface area contributed by atoms with Crippen LogP contribution in [0.15, 0.2) is 36.4 Å². The molecule has 0 radical (unpaired) electrons. The maximum atomic E-state index is 13.8. The molecule has 0 unspecified atom stereocenters. The number of rotatable bonds is 3. The molecule has 3 rings (SSSR count). The average Bonchev–Trinajstić information content (AvgIpc) is 2.50. The standard InChI is InChI=1S/C16H13ClFNO2/c17-12-4-2-5-13(18)11(12)9-15(20)10-3-1-6-14-16(10)21-8-7-19-14/h1-6,19H,7-9H2. The molecule has 0 spiro atoms. The number of carbonyl (C=O) groups excluding carboxylic acids is 1. The summed E-state index contributed by atoms with van der Waals surface area (Å²) in [4.78, 5) is 12.5. The molecule has 0 fully saturated rings. The van der Waals surface area contributed by atoms with E-state index in [4.69, 9.17) is 16.3 Å². The molecule has 1 aliphatic rings. The van der Waals surface area contributed by atoms with Crippen molar-refractivity contribution in [1.29, 1.82) is 0 Å². The fourth-order valence-electron chi connectivity index (χ4n) is 2.35. The lowest BCUT2D eigenvalue weighted by Gasteiger charge is -2.21. The van der Waals surface area contributed by atoms with Gasteiger partial charge in [-0.1, -0.05) is 23.7 Å². The van der Waals surface area contributed by atoms with Gasteiger partial charge in [0.1, 0.15) is 12.4 Å². The Morgan fingerprint density at radius 1 is 1.29 bits per heavy atom. The molecule has 2 aromatic carbocycles. The van der Waals surface area contributed by atoms with E-state index in [1.165, 1.54) is 12.1 Å². The van der Waals surface area contributed by atoms with Gasteiger partial charge in [0.2, 0.25) is 0 Å². The number of ketones is 1. The van der Waals surface area contributed by atoms with Gasteiger partial charge < -0.3 is 10.1 Å². The van der Waals surface area contributed by atoms with Gasteiger partial charge in [0.15, 0.2) is 11.5 Å². The summed E-state index contributed by atoms with van der Waals surface area (Å²) in [6.07, 6.45) is -0.0919. The van der Waals surface area contributed by atoms with E-state index in [9.17, 15) is 9.18 Å². The highest BCUT2D eigenvalue weighted by Gasteiger charge is 2.21. The molecule has 3 nitrogen and oxygen atoms in total. The first-order chi connectivity index (χ1) is 10.2. The van der Waals surface area contributed by atoms with Crippen molar-refractivity contribution in [3.63, 3.8) is 0 Å². The fraction of sp³-hybridized carbons (Fsp3) is 0.188. The van der Waals surface area contributed by atoms with E-state index >= 15 is 0 Å². The van der Waals surface area contributed by atoms with Crippen LogP contribution in [-0.2, 0) is 6.42 Å². The van der Waals surface area contributed by atoms with Crippen molar-refractivity contribution < 1.29 is 13.9 Å². The minimum atomic E-state index is -0.473. The van der Waals surface area contributed by atoms with E-state index in [1.54, 1.807) is 18.2 Å². The Bertz CT molecular complexity index is 682. The van der Waals surface area contributed by atoms with Crippen LogP contribution in [-0.4, -0.2) is 18.9 Å². The molecule has 1 N–H and O–H groups in total. The first-order valence-electron chi connectivity index (χ1n) is 6.62. The Morgan fingerprint density at radius 3 is 2.90 bits per heavy atom. The van der Waals surface area contributed by atoms with Crippen molar-refractivity contribution in [1.82, 2.24) is 0 Å². The second-order valence-corrected chi connectivity index (χ2v) is 5.16. The summed E-state index contributed by atoms with van der Waals surface area (Å²) in [6.45, 7) is 1.20. The number of carbonyl (C=O) groups is 1. The molecule has 2 aromatic rings. The molecular formula is C16H13ClFNO2. The summed E-state index contributed by atoms with van der Waals surface area (Å²) in [5.74, 6) is -0.163. The van der Waals surface area contributed by atoms with Gasteiger partial charge in [-0.05, 0) is 24.3 Å². The molecule has 108 valence electrons. The number of para-hydroxylation sites is 1. The molecule has 0 amide bonds. The molecule has 0 aliphatic carbocycles. The van der Waals surface area contributed by atoms with Gasteiger partial charge in [0.05, 0.1) is 11.3 Å². The topological polar surface area (TPSA) is 38.3 Å². The average molecular weight is 306 g/mol. The third kappa shape index (κ3) is 2.72. The molecule has 1 aliphatic heterocycles. The quantitative estimate of drug-likeness (QED) is 0.879. The molecule has 0 bridgehead atoms. The third-order valence-corrected chi connectivity index (χ3v) is 3.73. The highest BCUT2D eigenvalue weighted by molar-refractivity contribution is 6.31. The van der Waals surface area contributed by atoms with Crippen LogP contribution in [0.1, 0.15) is 15.9 Å². The predicted octanol–water partition coefficient (Wildman–Crippen LogP) is 3.71. The van der Waals surface area contributed by atoms with Crippen LogP contribution in [0.3, 0.4) is 0 Å². The van der Waals surface area contributed by atoms with Gasteiger partial charge in [-0.25, -0.2) is 4.39 Å². The van der Waals surface area contributed by atoms with Gasteiger partial charge in [-0.3, -0.25) is 4.79 Å². The van der Waals surface area contributed by atoms with E-state index in [-0.39, 0.29) is 22.8 Å². The van der Waals surface area contributed by atoms with Crippen LogP contribution in [0.5, 0.6) is 5.75 Å². The van der Waals surface area contributed by atoms with Crippen molar-refractivity contribution in [3.8, 4) is 5.75 Å². The van der Waals surface area contributed by atoms with Crippen LogP contribution in [0.25, 0.3) is 0 Å². The zero-order chi connectivity index (χ0) is 14.8. The smallest absolute Gasteiger partial charge is 0.171 e. The number of hydrogen-bond donors (Lipinski definition) is 1. The molecule has 0 saturated heterocycles. The fourth-order valence-corrected chi connectivity index (χ4v) is 2.58. The Hall–Kier alpha value is -2.07. The summed E-state index contributed by atoms with van der Waals surface area (Å²) in [5, 5.41) is 3.42. The Labute approximate surface area is 126 Å². The van der Waals surface area contributed by atoms with E-state index in [0.717, 1.165) is 5.69 Å². The van der Waals surface area contributed by atoms with Crippen molar-refractivity contribution >= 4 is 23.1 Å². The summed E-state index contributed by atoms with van der Waals surface area (Å²) in [7, 11) is 0. The Balaban J connectivity index is 1.93. The van der Waals surface area contributed by atoms with Gasteiger partial charge in [0, 0.05) is 23.6 Å². The van der Waals surface area contributed by atoms with Crippen LogP contribution in [0, 0.1) is 5.82 Å². The van der Waals surface area contributed by atoms with Crippen LogP contribution in [0.2, 0.25) is 5.02 Å². The molecular weight excluding hydrogens is 293 g/mol. The van der Waals surface area contributed by atoms with Gasteiger partial charge in [0.25, 0.3) is 0 Å². The number of anilines is 1. The van der Waals surface area contributed by atoms with Crippen molar-refractivity contribution in [3.05, 3.63) is 58.4 Å². The SMILES string of the molecule is O=C(Cc1c(F)cccc1Cl)c1cccc2c1OCCN2. The highest BCUT2D eigenvalue weighted by atomic mass is 35.5. The summed E-state index contributed by atoms with van der Waals surface area (Å²) in [6, 6.07) is 9.70. The predicted molar refractivity (Wildman–Crippen MR) is 79.9 cm³/mol. The lowest BCUT2D eigenvalue weighted by Crippen LogP contribution is -2.20. The Kier molecular flexibility index (Phi) is 3.80. The Morgan fingerprint density at radius 2 is 2.10 bits per heavy atom. The molecule has 1 heterocycles. The van der Waals surface area contributed by atoms with Crippen molar-refractivity contribution in [2.75, 3.05) is 18.5 Å². The largest absolute Gasteiger partial charge is 0.489 e. The lowest BCUT2D eigenvalue weighted by atomic mass is 10.0. The van der Waals surface area contributed by atoms with E-state index in [0.29, 0.717) is 24.5 Å². The van der Waals surface area contributed by atoms with Gasteiger partial charge in [-0.15, -0.1) is 0 Å². The van der Waals surface area contributed by atoms with Crippen molar-refractivity contribution in [2.24, 2.45) is 0 Å². The van der Waals surface area contributed by atoms with Crippen LogP contribution in [0.4, 0.5) is 10.1 Å². The van der Waals surface area contributed by atoms with Crippen molar-refractivity contribution in [2.45, 2.75) is 6.42 Å². The second kappa shape index (κ2) is 5.74. The van der Waals surface area contributed by atoms with E-state index < -0.39 is 5.82 Å². The number of nitrogens with one attached hydrogen (secondary N) is 1. The van der Waals surface area contributed by atoms with Crippen LogP contribution < -0.4 is 10.1 Å². The molecule has 0 saturated carbocycles. The normalized spacial score (nSPS) is 13.0. The number of halogens is 2. The summed E-state index contributed by atoms with van der Waals surface area (Å²) >= 11 is 5.97. The number of benzene rings is 2. The number of ether oxygens (including phenoxy) is 1. The minimum Gasteiger partial charge on any atom is -0.489 e. The zero-order valence-electron chi connectivity index (χ0n) is 11.2. The number of fused-ring (bicyclic) bond motifs is 1. The van der Waals surface area contributed by atoms with Gasteiger partial charge in [-0.2, -0.15) is 0 Å². The summed E-state index contributed by atoms with van der Waals surface area (Å²) in [5.41, 5.74) is 1.44. The maximum absolute atomic E-state index is 13.8. The monoisotopic (exact) mass is 305 g/mol. The van der Waals surface area contributed by atoms with E-state index in [2.05, 4.69) is 5.32 Å². The molecule has 0 atom stereocenters. The maximum Gasteiger partial charge on any atom is 0.171 e. The highest BCUT2D eigenvalue weighted by Crippen LogP contribution is 2.32. The van der Waals surface area contributed by atoms with E-state index in [1.807, 2.05) is 6.07 Å². The second-order valence-electron chi connectivity index (χ2n) is 4.76. The lowest BCUT2D eigenvalue weighted by molar-refractivity contribution is 0.0988.